The minimum atomic E-state index is -1.18. The lowest BCUT2D eigenvalue weighted by Crippen LogP contribution is -2.41. The van der Waals surface area contributed by atoms with Gasteiger partial charge in [0.25, 0.3) is 5.91 Å². The summed E-state index contributed by atoms with van der Waals surface area (Å²) in [6.45, 7) is 9.87. The molecule has 2 aromatic rings. The van der Waals surface area contributed by atoms with Crippen molar-refractivity contribution in [2.24, 2.45) is 0 Å². The van der Waals surface area contributed by atoms with E-state index in [-0.39, 0.29) is 17.7 Å². The van der Waals surface area contributed by atoms with Crippen molar-refractivity contribution in [2.75, 3.05) is 6.54 Å². The third-order valence-corrected chi connectivity index (χ3v) is 5.72. The van der Waals surface area contributed by atoms with Crippen molar-refractivity contribution in [3.05, 3.63) is 70.8 Å². The van der Waals surface area contributed by atoms with Gasteiger partial charge in [0.2, 0.25) is 0 Å². The highest BCUT2D eigenvalue weighted by atomic mass is 16.2. The molecule has 1 aliphatic rings. The Hall–Kier alpha value is -2.95. The number of carbonyl (C=O) groups is 3. The van der Waals surface area contributed by atoms with Crippen LogP contribution in [0.15, 0.2) is 48.5 Å². The highest BCUT2D eigenvalue weighted by Crippen LogP contribution is 2.31. The molecule has 30 heavy (non-hydrogen) atoms. The zero-order valence-corrected chi connectivity index (χ0v) is 18.4. The molecule has 0 spiro atoms. The van der Waals surface area contributed by atoms with Gasteiger partial charge in [0.1, 0.15) is 5.54 Å². The molecule has 1 N–H and O–H groups in total. The number of Topliss-reactive ketones (excluding diaryl/α,β-unsaturated/α-hetero) is 1. The van der Waals surface area contributed by atoms with Gasteiger partial charge in [-0.25, -0.2) is 4.79 Å². The minimum Gasteiger partial charge on any atom is -0.319 e. The fourth-order valence-electron chi connectivity index (χ4n) is 3.72. The van der Waals surface area contributed by atoms with Gasteiger partial charge in [-0.3, -0.25) is 14.5 Å². The molecule has 0 radical (unpaired) electrons. The van der Waals surface area contributed by atoms with E-state index >= 15 is 0 Å². The lowest BCUT2D eigenvalue weighted by molar-refractivity contribution is -0.130. The number of ketones is 1. The molecular formula is C25H30N2O3. The molecule has 5 heteroatoms. The van der Waals surface area contributed by atoms with Crippen molar-refractivity contribution in [1.29, 1.82) is 0 Å². The van der Waals surface area contributed by atoms with E-state index < -0.39 is 17.5 Å². The molecule has 3 amide bonds. The molecule has 0 aliphatic carbocycles. The molecule has 0 bridgehead atoms. The molecular weight excluding hydrogens is 376 g/mol. The topological polar surface area (TPSA) is 66.5 Å². The van der Waals surface area contributed by atoms with Gasteiger partial charge < -0.3 is 5.32 Å². The number of carbonyl (C=O) groups excluding carboxylic acids is 3. The third-order valence-electron chi connectivity index (χ3n) is 5.72. The first-order valence-electron chi connectivity index (χ1n) is 10.4. The van der Waals surface area contributed by atoms with Crippen LogP contribution in [0, 0.1) is 0 Å². The van der Waals surface area contributed by atoms with Gasteiger partial charge in [-0.05, 0) is 35.4 Å². The smallest absolute Gasteiger partial charge is 0.319 e. The average molecular weight is 407 g/mol. The van der Waals surface area contributed by atoms with E-state index in [1.165, 1.54) is 0 Å². The molecule has 1 aliphatic heterocycles. The van der Waals surface area contributed by atoms with E-state index in [4.69, 9.17) is 0 Å². The van der Waals surface area contributed by atoms with Gasteiger partial charge in [-0.15, -0.1) is 0 Å². The molecule has 5 nitrogen and oxygen atoms in total. The number of nitrogens with zero attached hydrogens (tertiary/aromatic N) is 1. The highest BCUT2D eigenvalue weighted by Gasteiger charge is 2.49. The summed E-state index contributed by atoms with van der Waals surface area (Å²) in [5.74, 6) is -0.666. The number of rotatable bonds is 6. The Bertz CT molecular complexity index is 955. The van der Waals surface area contributed by atoms with E-state index in [0.717, 1.165) is 28.9 Å². The summed E-state index contributed by atoms with van der Waals surface area (Å²) in [6, 6.07) is 14.5. The van der Waals surface area contributed by atoms with Crippen LogP contribution in [0.25, 0.3) is 0 Å². The van der Waals surface area contributed by atoms with Crippen molar-refractivity contribution in [3.63, 3.8) is 0 Å². The first-order valence-corrected chi connectivity index (χ1v) is 10.4. The number of aryl methyl sites for hydroxylation is 1. The Balaban J connectivity index is 1.77. The van der Waals surface area contributed by atoms with Crippen molar-refractivity contribution in [3.8, 4) is 0 Å². The van der Waals surface area contributed by atoms with Gasteiger partial charge in [-0.2, -0.15) is 0 Å². The predicted molar refractivity (Wildman–Crippen MR) is 118 cm³/mol. The Morgan fingerprint density at radius 1 is 1.00 bits per heavy atom. The molecule has 0 aromatic heterocycles. The zero-order valence-electron chi connectivity index (χ0n) is 18.4. The van der Waals surface area contributed by atoms with Crippen LogP contribution >= 0.6 is 0 Å². The monoisotopic (exact) mass is 406 g/mol. The lowest BCUT2D eigenvalue weighted by atomic mass is 9.84. The fraction of sp³-hybridized carbons (Fsp3) is 0.400. The largest absolute Gasteiger partial charge is 0.325 e. The number of urea groups is 1. The second-order valence-electron chi connectivity index (χ2n) is 9.14. The summed E-state index contributed by atoms with van der Waals surface area (Å²) in [7, 11) is 0. The summed E-state index contributed by atoms with van der Waals surface area (Å²) in [5.41, 5.74) is 2.32. The highest BCUT2D eigenvalue weighted by molar-refractivity contribution is 6.11. The Kier molecular flexibility index (Phi) is 5.84. The molecule has 1 atom stereocenters. The summed E-state index contributed by atoms with van der Waals surface area (Å²) >= 11 is 0. The summed E-state index contributed by atoms with van der Waals surface area (Å²) in [6.07, 6.45) is 1.99. The fourth-order valence-corrected chi connectivity index (χ4v) is 3.72. The number of hydrogen-bond donors (Lipinski definition) is 1. The van der Waals surface area contributed by atoms with Crippen molar-refractivity contribution < 1.29 is 14.4 Å². The Labute approximate surface area is 178 Å². The van der Waals surface area contributed by atoms with Crippen molar-refractivity contribution in [2.45, 2.75) is 58.4 Å². The van der Waals surface area contributed by atoms with Crippen LogP contribution in [-0.2, 0) is 22.2 Å². The molecule has 1 unspecified atom stereocenters. The SMILES string of the molecule is CCCc1ccc(C(=O)CN2C(=O)NC(C)(c3ccc(C(C)(C)C)cc3)C2=O)cc1. The van der Waals surface area contributed by atoms with Crippen LogP contribution in [0.1, 0.15) is 68.1 Å². The van der Waals surface area contributed by atoms with Crippen LogP contribution in [-0.4, -0.2) is 29.2 Å². The second-order valence-corrected chi connectivity index (χ2v) is 9.14. The molecule has 158 valence electrons. The van der Waals surface area contributed by atoms with E-state index in [9.17, 15) is 14.4 Å². The van der Waals surface area contributed by atoms with Crippen molar-refractivity contribution in [1.82, 2.24) is 10.2 Å². The van der Waals surface area contributed by atoms with E-state index in [1.807, 2.05) is 36.4 Å². The number of hydrogen-bond acceptors (Lipinski definition) is 3. The predicted octanol–water partition coefficient (Wildman–Crippen LogP) is 4.59. The maximum atomic E-state index is 13.1. The molecule has 1 heterocycles. The zero-order chi connectivity index (χ0) is 22.1. The minimum absolute atomic E-state index is 0.00645. The van der Waals surface area contributed by atoms with E-state index in [0.29, 0.717) is 11.1 Å². The Morgan fingerprint density at radius 2 is 1.60 bits per heavy atom. The molecule has 1 fully saturated rings. The van der Waals surface area contributed by atoms with E-state index in [1.54, 1.807) is 19.1 Å². The van der Waals surface area contributed by atoms with Gasteiger partial charge in [0.05, 0.1) is 6.54 Å². The van der Waals surface area contributed by atoms with Crippen LogP contribution in [0.3, 0.4) is 0 Å². The van der Waals surface area contributed by atoms with Crippen LogP contribution in [0.5, 0.6) is 0 Å². The first-order chi connectivity index (χ1) is 14.1. The molecule has 0 saturated carbocycles. The standard InChI is InChI=1S/C25H30N2O3/c1-6-7-17-8-10-18(11-9-17)21(28)16-27-22(29)25(5,26-23(27)30)20-14-12-19(13-15-20)24(2,3)4/h8-15H,6-7,16H2,1-5H3,(H,26,30). The number of imide groups is 1. The van der Waals surface area contributed by atoms with Gasteiger partial charge >= 0.3 is 6.03 Å². The van der Waals surface area contributed by atoms with Crippen molar-refractivity contribution >= 4 is 17.7 Å². The Morgan fingerprint density at radius 3 is 2.13 bits per heavy atom. The number of nitrogens with one attached hydrogen (secondary N) is 1. The second kappa shape index (κ2) is 8.05. The maximum absolute atomic E-state index is 13.1. The average Bonchev–Trinajstić information content (AvgIpc) is 2.92. The molecule has 1 saturated heterocycles. The summed E-state index contributed by atoms with van der Waals surface area (Å²) < 4.78 is 0. The maximum Gasteiger partial charge on any atom is 0.325 e. The van der Waals surface area contributed by atoms with Crippen LogP contribution < -0.4 is 5.32 Å². The molecule has 3 rings (SSSR count). The van der Waals surface area contributed by atoms with Crippen LogP contribution in [0.2, 0.25) is 0 Å². The lowest BCUT2D eigenvalue weighted by Gasteiger charge is -2.24. The van der Waals surface area contributed by atoms with E-state index in [2.05, 4.69) is 33.0 Å². The summed E-state index contributed by atoms with van der Waals surface area (Å²) in [4.78, 5) is 39.4. The third kappa shape index (κ3) is 4.16. The van der Waals surface area contributed by atoms with Crippen LogP contribution in [0.4, 0.5) is 4.79 Å². The number of amides is 3. The normalized spacial score (nSPS) is 19.2. The molecule has 2 aromatic carbocycles. The first kappa shape index (κ1) is 21.8. The van der Waals surface area contributed by atoms with Gasteiger partial charge in [0, 0.05) is 5.56 Å². The number of benzene rings is 2. The quantitative estimate of drug-likeness (QED) is 0.564. The summed E-state index contributed by atoms with van der Waals surface area (Å²) in [5, 5.41) is 2.77. The van der Waals surface area contributed by atoms with Gasteiger partial charge in [0.15, 0.2) is 5.78 Å². The van der Waals surface area contributed by atoms with Gasteiger partial charge in [-0.1, -0.05) is 82.6 Å².